The minimum absolute atomic E-state index is 0.155. The van der Waals surface area contributed by atoms with E-state index in [0.717, 1.165) is 11.8 Å². The van der Waals surface area contributed by atoms with Gasteiger partial charge in [0, 0.05) is 4.90 Å². The van der Waals surface area contributed by atoms with Crippen molar-refractivity contribution in [3.05, 3.63) is 29.8 Å². The van der Waals surface area contributed by atoms with Gasteiger partial charge >= 0.3 is 0 Å². The molecule has 18 heavy (non-hydrogen) atoms. The van der Waals surface area contributed by atoms with Crippen molar-refractivity contribution in [1.82, 2.24) is 0 Å². The van der Waals surface area contributed by atoms with Crippen LogP contribution in [0.25, 0.3) is 0 Å². The van der Waals surface area contributed by atoms with E-state index in [2.05, 4.69) is 37.3 Å². The lowest BCUT2D eigenvalue weighted by Gasteiger charge is -2.25. The average Bonchev–Trinajstić information content (AvgIpc) is 2.98. The van der Waals surface area contributed by atoms with Crippen molar-refractivity contribution in [3.8, 4) is 6.07 Å². The van der Waals surface area contributed by atoms with Crippen molar-refractivity contribution in [1.29, 1.82) is 5.26 Å². The molecule has 2 heteroatoms. The Kier molecular flexibility index (Phi) is 3.35. The van der Waals surface area contributed by atoms with Crippen LogP contribution in [0.1, 0.15) is 31.2 Å². The molecule has 2 bridgehead atoms. The first-order valence-corrected chi connectivity index (χ1v) is 7.77. The molecule has 0 N–H and O–H groups in total. The molecular weight excluding hydrogens is 238 g/mol. The van der Waals surface area contributed by atoms with E-state index in [1.807, 2.05) is 0 Å². The highest BCUT2D eigenvalue weighted by molar-refractivity contribution is 8.00. The maximum Gasteiger partial charge on any atom is 0.0994 e. The van der Waals surface area contributed by atoms with Gasteiger partial charge in [-0.15, -0.1) is 11.8 Å². The number of rotatable bonds is 3. The van der Waals surface area contributed by atoms with Crippen molar-refractivity contribution < 1.29 is 0 Å². The Morgan fingerprint density at radius 3 is 2.83 bits per heavy atom. The predicted molar refractivity (Wildman–Crippen MR) is 75.4 cm³/mol. The van der Waals surface area contributed by atoms with Crippen LogP contribution in [0.15, 0.2) is 29.2 Å². The van der Waals surface area contributed by atoms with E-state index in [-0.39, 0.29) is 5.25 Å². The Bertz CT molecular complexity index is 476. The third-order valence-electron chi connectivity index (χ3n) is 4.56. The molecule has 4 atom stereocenters. The van der Waals surface area contributed by atoms with E-state index in [0.29, 0.717) is 5.92 Å². The predicted octanol–water partition coefficient (Wildman–Crippen LogP) is 4.42. The van der Waals surface area contributed by atoms with E-state index in [4.69, 9.17) is 0 Å². The molecule has 2 aliphatic carbocycles. The molecule has 0 aromatic heterocycles. The largest absolute Gasteiger partial charge is 0.197 e. The zero-order chi connectivity index (χ0) is 12.5. The smallest absolute Gasteiger partial charge is 0.0994 e. The summed E-state index contributed by atoms with van der Waals surface area (Å²) in [4.78, 5) is 1.25. The lowest BCUT2D eigenvalue weighted by molar-refractivity contribution is 0.345. The molecule has 94 valence electrons. The molecule has 2 saturated carbocycles. The van der Waals surface area contributed by atoms with Gasteiger partial charge in [-0.05, 0) is 56.1 Å². The van der Waals surface area contributed by atoms with Gasteiger partial charge in [0.25, 0.3) is 0 Å². The third kappa shape index (κ3) is 2.29. The summed E-state index contributed by atoms with van der Waals surface area (Å²) in [6.45, 7) is 2.11. The Balaban J connectivity index is 1.72. The fourth-order valence-electron chi connectivity index (χ4n) is 3.71. The Morgan fingerprint density at radius 1 is 1.33 bits per heavy atom. The molecule has 1 aromatic rings. The highest BCUT2D eigenvalue weighted by atomic mass is 32.2. The second kappa shape index (κ2) is 4.97. The summed E-state index contributed by atoms with van der Waals surface area (Å²) in [6, 6.07) is 11.1. The van der Waals surface area contributed by atoms with Gasteiger partial charge in [0.2, 0.25) is 0 Å². The van der Waals surface area contributed by atoms with Crippen LogP contribution in [-0.4, -0.2) is 5.25 Å². The molecule has 0 saturated heterocycles. The Labute approximate surface area is 114 Å². The number of nitriles is 1. The molecule has 0 heterocycles. The quantitative estimate of drug-likeness (QED) is 0.749. The van der Waals surface area contributed by atoms with Gasteiger partial charge in [-0.25, -0.2) is 0 Å². The number of benzene rings is 1. The van der Waals surface area contributed by atoms with E-state index < -0.39 is 0 Å². The molecular formula is C16H19NS. The first kappa shape index (κ1) is 12.1. The highest BCUT2D eigenvalue weighted by Crippen LogP contribution is 2.52. The van der Waals surface area contributed by atoms with Crippen LogP contribution < -0.4 is 0 Å². The molecule has 0 spiro atoms. The van der Waals surface area contributed by atoms with Gasteiger partial charge in [0.05, 0.1) is 11.3 Å². The van der Waals surface area contributed by atoms with Crippen LogP contribution in [0.2, 0.25) is 0 Å². The van der Waals surface area contributed by atoms with Crippen LogP contribution in [0.3, 0.4) is 0 Å². The zero-order valence-corrected chi connectivity index (χ0v) is 11.6. The van der Waals surface area contributed by atoms with E-state index in [1.165, 1.54) is 36.1 Å². The molecule has 2 fully saturated rings. The van der Waals surface area contributed by atoms with Crippen molar-refractivity contribution in [2.24, 2.45) is 17.8 Å². The monoisotopic (exact) mass is 257 g/mol. The molecule has 3 rings (SSSR count). The Hall–Kier alpha value is -0.940. The van der Waals surface area contributed by atoms with Crippen molar-refractivity contribution in [3.63, 3.8) is 0 Å². The minimum Gasteiger partial charge on any atom is -0.197 e. The standard InChI is InChI=1S/C16H19NS/c1-11-3-2-4-14(7-11)18-16(10-17)15-9-12-5-6-13(15)8-12/h2-4,7,12-13,15-16H,5-6,8-9H2,1H3. The maximum absolute atomic E-state index is 9.47. The normalized spacial score (nSPS) is 31.2. The summed E-state index contributed by atoms with van der Waals surface area (Å²) < 4.78 is 0. The van der Waals surface area contributed by atoms with Crippen molar-refractivity contribution in [2.45, 2.75) is 42.8 Å². The Morgan fingerprint density at radius 2 is 2.22 bits per heavy atom. The average molecular weight is 257 g/mol. The van der Waals surface area contributed by atoms with Gasteiger partial charge in [-0.2, -0.15) is 5.26 Å². The van der Waals surface area contributed by atoms with Crippen LogP contribution >= 0.6 is 11.8 Å². The van der Waals surface area contributed by atoms with E-state index >= 15 is 0 Å². The maximum atomic E-state index is 9.47. The van der Waals surface area contributed by atoms with Gasteiger partial charge < -0.3 is 0 Å². The lowest BCUT2D eigenvalue weighted by Crippen LogP contribution is -2.21. The summed E-state index contributed by atoms with van der Waals surface area (Å²) in [5, 5.41) is 9.63. The van der Waals surface area contributed by atoms with Crippen molar-refractivity contribution in [2.75, 3.05) is 0 Å². The minimum atomic E-state index is 0.155. The number of hydrogen-bond acceptors (Lipinski definition) is 2. The number of aryl methyl sites for hydroxylation is 1. The lowest BCUT2D eigenvalue weighted by atomic mass is 9.86. The first-order chi connectivity index (χ1) is 8.76. The van der Waals surface area contributed by atoms with Gasteiger partial charge in [-0.3, -0.25) is 0 Å². The van der Waals surface area contributed by atoms with Gasteiger partial charge in [-0.1, -0.05) is 24.1 Å². The summed E-state index contributed by atoms with van der Waals surface area (Å²) in [5.41, 5.74) is 1.28. The molecule has 0 aliphatic heterocycles. The first-order valence-electron chi connectivity index (χ1n) is 6.89. The number of thioether (sulfide) groups is 1. The fraction of sp³-hybridized carbons (Fsp3) is 0.562. The second-order valence-corrected chi connectivity index (χ2v) is 7.04. The molecule has 0 amide bonds. The summed E-state index contributed by atoms with van der Waals surface area (Å²) in [5.74, 6) is 2.39. The molecule has 1 nitrogen and oxygen atoms in total. The summed E-state index contributed by atoms with van der Waals surface area (Å²) in [7, 11) is 0. The second-order valence-electron chi connectivity index (χ2n) is 5.82. The number of nitrogens with zero attached hydrogens (tertiary/aromatic N) is 1. The van der Waals surface area contributed by atoms with Crippen LogP contribution in [0.5, 0.6) is 0 Å². The third-order valence-corrected chi connectivity index (χ3v) is 5.80. The van der Waals surface area contributed by atoms with Gasteiger partial charge in [0.1, 0.15) is 0 Å². The highest BCUT2D eigenvalue weighted by Gasteiger charge is 2.43. The number of hydrogen-bond donors (Lipinski definition) is 0. The van der Waals surface area contributed by atoms with E-state index in [9.17, 15) is 5.26 Å². The molecule has 2 aliphatic rings. The molecule has 0 radical (unpaired) electrons. The molecule has 4 unspecified atom stereocenters. The summed E-state index contributed by atoms with van der Waals surface area (Å²) in [6.07, 6.45) is 5.45. The van der Waals surface area contributed by atoms with Gasteiger partial charge in [0.15, 0.2) is 0 Å². The fourth-order valence-corrected chi connectivity index (χ4v) is 4.97. The van der Waals surface area contributed by atoms with Crippen molar-refractivity contribution >= 4 is 11.8 Å². The topological polar surface area (TPSA) is 23.8 Å². The number of fused-ring (bicyclic) bond motifs is 2. The summed E-state index contributed by atoms with van der Waals surface area (Å²) >= 11 is 1.78. The zero-order valence-electron chi connectivity index (χ0n) is 10.8. The molecule has 1 aromatic carbocycles. The SMILES string of the molecule is Cc1cccc(SC(C#N)C2CC3CCC2C3)c1. The van der Waals surface area contributed by atoms with Crippen LogP contribution in [0, 0.1) is 36.0 Å². The van der Waals surface area contributed by atoms with Crippen LogP contribution in [-0.2, 0) is 0 Å². The van der Waals surface area contributed by atoms with Crippen LogP contribution in [0.4, 0.5) is 0 Å². The van der Waals surface area contributed by atoms with E-state index in [1.54, 1.807) is 11.8 Å².